The fourth-order valence-electron chi connectivity index (χ4n) is 3.20. The Morgan fingerprint density at radius 3 is 3.13 bits per heavy atom. The first-order valence-electron chi connectivity index (χ1n) is 8.58. The molecule has 0 saturated carbocycles. The lowest BCUT2D eigenvalue weighted by atomic mass is 9.98. The Hall–Kier alpha value is -1.46. The van der Waals surface area contributed by atoms with Gasteiger partial charge in [0.05, 0.1) is 15.2 Å². The number of fused-ring (bicyclic) bond motifs is 1. The van der Waals surface area contributed by atoms with Gasteiger partial charge in [0.2, 0.25) is 5.91 Å². The number of piperidine rings is 1. The summed E-state index contributed by atoms with van der Waals surface area (Å²) in [5.74, 6) is 0.757. The van der Waals surface area contributed by atoms with E-state index < -0.39 is 0 Å². The smallest absolute Gasteiger partial charge is 0.220 e. The predicted octanol–water partition coefficient (Wildman–Crippen LogP) is 3.08. The number of benzene rings is 1. The summed E-state index contributed by atoms with van der Waals surface area (Å²) in [7, 11) is 0. The fraction of sp³-hybridized carbons (Fsp3) is 0.556. The van der Waals surface area contributed by atoms with E-state index in [4.69, 9.17) is 0 Å². The number of hydrogen-bond acceptors (Lipinski definition) is 4. The Bertz CT molecular complexity index is 622. The van der Waals surface area contributed by atoms with Crippen molar-refractivity contribution in [3.63, 3.8) is 0 Å². The minimum Gasteiger partial charge on any atom is -0.356 e. The van der Waals surface area contributed by atoms with Crippen molar-refractivity contribution in [1.82, 2.24) is 15.2 Å². The number of rotatable bonds is 6. The van der Waals surface area contributed by atoms with Crippen LogP contribution in [0.5, 0.6) is 0 Å². The van der Waals surface area contributed by atoms with E-state index in [-0.39, 0.29) is 5.91 Å². The highest BCUT2D eigenvalue weighted by molar-refractivity contribution is 7.18. The molecule has 2 aromatic rings. The summed E-state index contributed by atoms with van der Waals surface area (Å²) in [6, 6.07) is 8.14. The number of aryl methyl sites for hydroxylation is 1. The zero-order valence-electron chi connectivity index (χ0n) is 13.8. The summed E-state index contributed by atoms with van der Waals surface area (Å²) in [6.07, 6.45) is 3.75. The van der Waals surface area contributed by atoms with Crippen LogP contribution in [0.1, 0.15) is 31.2 Å². The average molecular weight is 331 g/mol. The van der Waals surface area contributed by atoms with Crippen LogP contribution in [-0.2, 0) is 11.2 Å². The minimum atomic E-state index is 0.151. The summed E-state index contributed by atoms with van der Waals surface area (Å²) in [5, 5.41) is 4.16. The molecule has 1 saturated heterocycles. The number of likely N-dealkylation sites (tertiary alicyclic amines) is 1. The van der Waals surface area contributed by atoms with Crippen molar-refractivity contribution in [2.75, 3.05) is 26.2 Å². The Kier molecular flexibility index (Phi) is 5.62. The highest BCUT2D eigenvalue weighted by atomic mass is 32.1. The van der Waals surface area contributed by atoms with Crippen LogP contribution in [0.15, 0.2) is 24.3 Å². The standard InChI is InChI=1S/C18H25N3OS/c1-2-21-11-5-6-14(13-21)12-19-17(22)9-10-18-20-15-7-3-4-8-16(15)23-18/h3-4,7-8,14H,2,5-6,9-13H2,1H3,(H,19,22)/t14-/m0/s1. The lowest BCUT2D eigenvalue weighted by Gasteiger charge is -2.31. The lowest BCUT2D eigenvalue weighted by Crippen LogP contribution is -2.40. The molecule has 0 radical (unpaired) electrons. The monoisotopic (exact) mass is 331 g/mol. The molecule has 0 aliphatic carbocycles. The van der Waals surface area contributed by atoms with Crippen LogP contribution in [0.2, 0.25) is 0 Å². The Labute approximate surface area is 141 Å². The van der Waals surface area contributed by atoms with Crippen molar-refractivity contribution in [1.29, 1.82) is 0 Å². The van der Waals surface area contributed by atoms with Crippen molar-refractivity contribution in [2.24, 2.45) is 5.92 Å². The van der Waals surface area contributed by atoms with Gasteiger partial charge in [-0.3, -0.25) is 4.79 Å². The number of hydrogen-bond donors (Lipinski definition) is 1. The van der Waals surface area contributed by atoms with Crippen LogP contribution in [0, 0.1) is 5.92 Å². The molecule has 1 N–H and O–H groups in total. The van der Waals surface area contributed by atoms with Gasteiger partial charge in [-0.05, 0) is 44.0 Å². The van der Waals surface area contributed by atoms with Gasteiger partial charge in [-0.15, -0.1) is 11.3 Å². The summed E-state index contributed by atoms with van der Waals surface area (Å²) in [4.78, 5) is 19.1. The van der Waals surface area contributed by atoms with Crippen molar-refractivity contribution in [3.05, 3.63) is 29.3 Å². The third-order valence-corrected chi connectivity index (χ3v) is 5.64. The van der Waals surface area contributed by atoms with E-state index in [1.165, 1.54) is 24.1 Å². The summed E-state index contributed by atoms with van der Waals surface area (Å²) in [5.41, 5.74) is 1.04. The molecule has 1 aromatic heterocycles. The van der Waals surface area contributed by atoms with Gasteiger partial charge in [0.25, 0.3) is 0 Å². The molecule has 1 aliphatic rings. The zero-order valence-corrected chi connectivity index (χ0v) is 14.6. The predicted molar refractivity (Wildman–Crippen MR) is 95.8 cm³/mol. The normalized spacial score (nSPS) is 19.1. The van der Waals surface area contributed by atoms with Crippen LogP contribution in [-0.4, -0.2) is 42.0 Å². The SMILES string of the molecule is CCN1CCC[C@@H](CNC(=O)CCc2nc3ccccc3s2)C1. The topological polar surface area (TPSA) is 45.2 Å². The van der Waals surface area contributed by atoms with E-state index in [0.717, 1.165) is 36.6 Å². The molecule has 23 heavy (non-hydrogen) atoms. The molecule has 1 aliphatic heterocycles. The molecule has 0 bridgehead atoms. The van der Waals surface area contributed by atoms with Gasteiger partial charge >= 0.3 is 0 Å². The van der Waals surface area contributed by atoms with Crippen molar-refractivity contribution < 1.29 is 4.79 Å². The zero-order chi connectivity index (χ0) is 16.1. The van der Waals surface area contributed by atoms with Crippen LogP contribution in [0.4, 0.5) is 0 Å². The van der Waals surface area contributed by atoms with Gasteiger partial charge in [0.1, 0.15) is 0 Å². The number of carbonyl (C=O) groups is 1. The Morgan fingerprint density at radius 1 is 1.43 bits per heavy atom. The maximum Gasteiger partial charge on any atom is 0.220 e. The Morgan fingerprint density at radius 2 is 2.30 bits per heavy atom. The van der Waals surface area contributed by atoms with Gasteiger partial charge < -0.3 is 10.2 Å². The summed E-state index contributed by atoms with van der Waals surface area (Å²) in [6.45, 7) is 6.46. The Balaban J connectivity index is 1.42. The van der Waals surface area contributed by atoms with E-state index in [1.807, 2.05) is 18.2 Å². The third kappa shape index (κ3) is 4.52. The van der Waals surface area contributed by atoms with Gasteiger partial charge in [0, 0.05) is 25.9 Å². The molecule has 0 unspecified atom stereocenters. The van der Waals surface area contributed by atoms with E-state index >= 15 is 0 Å². The van der Waals surface area contributed by atoms with Crippen LogP contribution in [0.25, 0.3) is 10.2 Å². The molecule has 4 nitrogen and oxygen atoms in total. The molecule has 1 amide bonds. The molecule has 124 valence electrons. The first kappa shape index (κ1) is 16.4. The molecule has 2 heterocycles. The highest BCUT2D eigenvalue weighted by Crippen LogP contribution is 2.22. The quantitative estimate of drug-likeness (QED) is 0.885. The number of aromatic nitrogens is 1. The molecule has 0 spiro atoms. The maximum absolute atomic E-state index is 12.1. The van der Waals surface area contributed by atoms with Crippen molar-refractivity contribution in [2.45, 2.75) is 32.6 Å². The van der Waals surface area contributed by atoms with Crippen molar-refractivity contribution >= 4 is 27.5 Å². The second-order valence-electron chi connectivity index (χ2n) is 6.28. The second kappa shape index (κ2) is 7.88. The van der Waals surface area contributed by atoms with E-state index in [2.05, 4.69) is 28.2 Å². The maximum atomic E-state index is 12.1. The minimum absolute atomic E-state index is 0.151. The van der Waals surface area contributed by atoms with Gasteiger partial charge in [-0.25, -0.2) is 4.98 Å². The van der Waals surface area contributed by atoms with Gasteiger partial charge in [-0.2, -0.15) is 0 Å². The van der Waals surface area contributed by atoms with E-state index in [1.54, 1.807) is 11.3 Å². The molecule has 1 aromatic carbocycles. The summed E-state index contributed by atoms with van der Waals surface area (Å²) < 4.78 is 1.20. The number of thiazole rings is 1. The van der Waals surface area contributed by atoms with Crippen molar-refractivity contribution in [3.8, 4) is 0 Å². The first-order valence-corrected chi connectivity index (χ1v) is 9.39. The number of nitrogens with one attached hydrogen (secondary N) is 1. The number of nitrogens with zero attached hydrogens (tertiary/aromatic N) is 2. The first-order chi connectivity index (χ1) is 11.2. The average Bonchev–Trinajstić information content (AvgIpc) is 3.01. The molecule has 1 atom stereocenters. The summed E-state index contributed by atoms with van der Waals surface area (Å²) >= 11 is 1.69. The second-order valence-corrected chi connectivity index (χ2v) is 7.40. The van der Waals surface area contributed by atoms with Crippen LogP contribution < -0.4 is 5.32 Å². The van der Waals surface area contributed by atoms with Crippen LogP contribution in [0.3, 0.4) is 0 Å². The number of amides is 1. The van der Waals surface area contributed by atoms with Crippen LogP contribution >= 0.6 is 11.3 Å². The van der Waals surface area contributed by atoms with Gasteiger partial charge in [-0.1, -0.05) is 19.1 Å². The highest BCUT2D eigenvalue weighted by Gasteiger charge is 2.19. The lowest BCUT2D eigenvalue weighted by molar-refractivity contribution is -0.121. The molecular formula is C18H25N3OS. The van der Waals surface area contributed by atoms with E-state index in [9.17, 15) is 4.79 Å². The molecular weight excluding hydrogens is 306 g/mol. The fourth-order valence-corrected chi connectivity index (χ4v) is 4.17. The largest absolute Gasteiger partial charge is 0.356 e. The number of para-hydroxylation sites is 1. The van der Waals surface area contributed by atoms with E-state index in [0.29, 0.717) is 12.3 Å². The molecule has 5 heteroatoms. The third-order valence-electron chi connectivity index (χ3n) is 4.54. The van der Waals surface area contributed by atoms with Gasteiger partial charge in [0.15, 0.2) is 0 Å². The number of carbonyl (C=O) groups excluding carboxylic acids is 1. The molecule has 1 fully saturated rings. The molecule has 3 rings (SSSR count).